The summed E-state index contributed by atoms with van der Waals surface area (Å²) in [5, 5.41) is 3.47. The van der Waals surface area contributed by atoms with Crippen molar-refractivity contribution in [3.8, 4) is 0 Å². The maximum atomic E-state index is 3.48. The lowest BCUT2D eigenvalue weighted by atomic mass is 10.2. The van der Waals surface area contributed by atoms with E-state index in [1.165, 1.54) is 16.1 Å². The second-order valence-electron chi connectivity index (χ2n) is 3.68. The molecule has 0 bridgehead atoms. The van der Waals surface area contributed by atoms with E-state index in [9.17, 15) is 0 Å². The zero-order valence-electron chi connectivity index (χ0n) is 9.61. The Morgan fingerprint density at radius 2 is 1.94 bits per heavy atom. The number of hydrogen-bond acceptors (Lipinski definition) is 2. The van der Waals surface area contributed by atoms with E-state index in [2.05, 4.69) is 70.0 Å². The molecule has 0 heterocycles. The molecule has 3 heteroatoms. The van der Waals surface area contributed by atoms with Gasteiger partial charge in [0, 0.05) is 21.6 Å². The van der Waals surface area contributed by atoms with E-state index < -0.39 is 0 Å². The second-order valence-corrected chi connectivity index (χ2v) is 5.45. The van der Waals surface area contributed by atoms with Gasteiger partial charge in [0.1, 0.15) is 0 Å². The third-order valence-corrected chi connectivity index (χ3v) is 3.77. The van der Waals surface area contributed by atoms with Gasteiger partial charge in [0.15, 0.2) is 0 Å². The Kier molecular flexibility index (Phi) is 4.51. The molecule has 0 saturated carbocycles. The zero-order chi connectivity index (χ0) is 12.1. The summed E-state index contributed by atoms with van der Waals surface area (Å²) in [6.45, 7) is 0.844. The van der Waals surface area contributed by atoms with E-state index in [0.29, 0.717) is 0 Å². The van der Waals surface area contributed by atoms with Crippen LogP contribution in [0, 0.1) is 0 Å². The molecule has 2 rings (SSSR count). The van der Waals surface area contributed by atoms with E-state index in [1.807, 2.05) is 6.07 Å². The minimum atomic E-state index is 0.844. The first kappa shape index (κ1) is 12.5. The molecule has 88 valence electrons. The molecular formula is C14H14BrNS. The van der Waals surface area contributed by atoms with Crippen LogP contribution in [0.3, 0.4) is 0 Å². The van der Waals surface area contributed by atoms with Crippen molar-refractivity contribution in [1.82, 2.24) is 0 Å². The average Bonchev–Trinajstić information content (AvgIpc) is 2.37. The van der Waals surface area contributed by atoms with Gasteiger partial charge in [-0.05, 0) is 36.1 Å². The molecule has 0 amide bonds. The molecule has 0 fully saturated rings. The monoisotopic (exact) mass is 307 g/mol. The molecule has 0 saturated heterocycles. The molecule has 0 aliphatic heterocycles. The van der Waals surface area contributed by atoms with E-state index in [4.69, 9.17) is 0 Å². The summed E-state index contributed by atoms with van der Waals surface area (Å²) in [6.07, 6.45) is 2.10. The maximum Gasteiger partial charge on any atom is 0.0480 e. The molecule has 17 heavy (non-hydrogen) atoms. The Hall–Kier alpha value is -0.930. The third kappa shape index (κ3) is 3.51. The van der Waals surface area contributed by atoms with Crippen LogP contribution in [0.1, 0.15) is 5.56 Å². The van der Waals surface area contributed by atoms with Gasteiger partial charge in [-0.15, -0.1) is 11.8 Å². The summed E-state index contributed by atoms with van der Waals surface area (Å²) in [7, 11) is 0. The van der Waals surface area contributed by atoms with Gasteiger partial charge in [0.05, 0.1) is 0 Å². The van der Waals surface area contributed by atoms with Crippen LogP contribution >= 0.6 is 27.7 Å². The van der Waals surface area contributed by atoms with Crippen molar-refractivity contribution in [1.29, 1.82) is 0 Å². The largest absolute Gasteiger partial charge is 0.380 e. The van der Waals surface area contributed by atoms with Crippen LogP contribution in [-0.2, 0) is 6.54 Å². The average molecular weight is 308 g/mol. The summed E-state index contributed by atoms with van der Waals surface area (Å²) in [5.41, 5.74) is 2.47. The molecule has 0 atom stereocenters. The van der Waals surface area contributed by atoms with Crippen LogP contribution in [0.15, 0.2) is 57.9 Å². The normalized spacial score (nSPS) is 10.2. The molecule has 0 radical (unpaired) electrons. The molecular weight excluding hydrogens is 294 g/mol. The van der Waals surface area contributed by atoms with Gasteiger partial charge in [-0.1, -0.05) is 40.2 Å². The molecule has 0 unspecified atom stereocenters. The van der Waals surface area contributed by atoms with E-state index >= 15 is 0 Å². The van der Waals surface area contributed by atoms with E-state index in [1.54, 1.807) is 11.8 Å². The van der Waals surface area contributed by atoms with Crippen molar-refractivity contribution in [2.75, 3.05) is 11.6 Å². The SMILES string of the molecule is CSc1ccccc1NCc1cccc(Br)c1. The number of benzene rings is 2. The summed E-state index contributed by atoms with van der Waals surface area (Å²) in [4.78, 5) is 1.28. The molecule has 2 aromatic carbocycles. The molecule has 2 aromatic rings. The Morgan fingerprint density at radius 1 is 1.12 bits per heavy atom. The number of rotatable bonds is 4. The first-order valence-corrected chi connectivity index (χ1v) is 7.42. The van der Waals surface area contributed by atoms with Crippen molar-refractivity contribution >= 4 is 33.4 Å². The van der Waals surface area contributed by atoms with Crippen molar-refractivity contribution in [2.45, 2.75) is 11.4 Å². The van der Waals surface area contributed by atoms with Crippen molar-refractivity contribution < 1.29 is 0 Å². The Balaban J connectivity index is 2.07. The van der Waals surface area contributed by atoms with Gasteiger partial charge in [0.2, 0.25) is 0 Å². The number of nitrogens with one attached hydrogen (secondary N) is 1. The Morgan fingerprint density at radius 3 is 2.71 bits per heavy atom. The highest BCUT2D eigenvalue weighted by atomic mass is 79.9. The Labute approximate surface area is 115 Å². The van der Waals surface area contributed by atoms with Crippen LogP contribution < -0.4 is 5.32 Å². The highest BCUT2D eigenvalue weighted by Crippen LogP contribution is 2.25. The van der Waals surface area contributed by atoms with Gasteiger partial charge < -0.3 is 5.32 Å². The number of halogens is 1. The van der Waals surface area contributed by atoms with Crippen LogP contribution in [0.25, 0.3) is 0 Å². The number of para-hydroxylation sites is 1. The van der Waals surface area contributed by atoms with Gasteiger partial charge in [-0.25, -0.2) is 0 Å². The fourth-order valence-electron chi connectivity index (χ4n) is 1.63. The van der Waals surface area contributed by atoms with Gasteiger partial charge in [-0.2, -0.15) is 0 Å². The lowest BCUT2D eigenvalue weighted by molar-refractivity contribution is 1.13. The summed E-state index contributed by atoms with van der Waals surface area (Å²) >= 11 is 5.25. The molecule has 0 aliphatic rings. The molecule has 0 aromatic heterocycles. The fourth-order valence-corrected chi connectivity index (χ4v) is 2.66. The fraction of sp³-hybridized carbons (Fsp3) is 0.143. The van der Waals surface area contributed by atoms with E-state index in [0.717, 1.165) is 11.0 Å². The van der Waals surface area contributed by atoms with Crippen molar-refractivity contribution in [3.63, 3.8) is 0 Å². The second kappa shape index (κ2) is 6.12. The standard InChI is InChI=1S/C14H14BrNS/c1-17-14-8-3-2-7-13(14)16-10-11-5-4-6-12(15)9-11/h2-9,16H,10H2,1H3. The van der Waals surface area contributed by atoms with Crippen LogP contribution in [0.5, 0.6) is 0 Å². The highest BCUT2D eigenvalue weighted by Gasteiger charge is 2.00. The van der Waals surface area contributed by atoms with Crippen LogP contribution in [0.2, 0.25) is 0 Å². The lowest BCUT2D eigenvalue weighted by Gasteiger charge is -2.10. The third-order valence-electron chi connectivity index (χ3n) is 2.48. The van der Waals surface area contributed by atoms with Crippen LogP contribution in [-0.4, -0.2) is 6.26 Å². The van der Waals surface area contributed by atoms with Crippen molar-refractivity contribution in [3.05, 3.63) is 58.6 Å². The summed E-state index contributed by atoms with van der Waals surface area (Å²) in [6, 6.07) is 16.7. The predicted molar refractivity (Wildman–Crippen MR) is 79.7 cm³/mol. The molecule has 0 spiro atoms. The van der Waals surface area contributed by atoms with Crippen molar-refractivity contribution in [2.24, 2.45) is 0 Å². The first-order valence-electron chi connectivity index (χ1n) is 5.41. The predicted octanol–water partition coefficient (Wildman–Crippen LogP) is 4.78. The first-order chi connectivity index (χ1) is 8.29. The number of hydrogen-bond donors (Lipinski definition) is 1. The number of anilines is 1. The maximum absolute atomic E-state index is 3.48. The molecule has 0 aliphatic carbocycles. The summed E-state index contributed by atoms with van der Waals surface area (Å²) < 4.78 is 1.12. The minimum absolute atomic E-state index is 0.844. The number of thioether (sulfide) groups is 1. The van der Waals surface area contributed by atoms with Gasteiger partial charge in [-0.3, -0.25) is 0 Å². The summed E-state index contributed by atoms with van der Waals surface area (Å²) in [5.74, 6) is 0. The lowest BCUT2D eigenvalue weighted by Crippen LogP contribution is -2.00. The highest BCUT2D eigenvalue weighted by molar-refractivity contribution is 9.10. The smallest absolute Gasteiger partial charge is 0.0480 e. The van der Waals surface area contributed by atoms with Crippen LogP contribution in [0.4, 0.5) is 5.69 Å². The zero-order valence-corrected chi connectivity index (χ0v) is 12.0. The van der Waals surface area contributed by atoms with E-state index in [-0.39, 0.29) is 0 Å². The minimum Gasteiger partial charge on any atom is -0.380 e. The topological polar surface area (TPSA) is 12.0 Å². The van der Waals surface area contributed by atoms with Gasteiger partial charge in [0.25, 0.3) is 0 Å². The Bertz CT molecular complexity index is 499. The quantitative estimate of drug-likeness (QED) is 0.816. The molecule has 1 nitrogen and oxygen atoms in total. The molecule has 1 N–H and O–H groups in total. The van der Waals surface area contributed by atoms with Gasteiger partial charge >= 0.3 is 0 Å².